The Morgan fingerprint density at radius 2 is 2.06 bits per heavy atom. The normalized spacial score (nSPS) is 12.0. The second-order valence-electron chi connectivity index (χ2n) is 3.76. The zero-order valence-corrected chi connectivity index (χ0v) is 10.2. The van der Waals surface area contributed by atoms with Crippen molar-refractivity contribution in [2.75, 3.05) is 7.11 Å². The van der Waals surface area contributed by atoms with Crippen molar-refractivity contribution in [1.29, 1.82) is 0 Å². The van der Waals surface area contributed by atoms with Crippen molar-refractivity contribution >= 4 is 5.78 Å². The predicted octanol–water partition coefficient (Wildman–Crippen LogP) is 3.08. The summed E-state index contributed by atoms with van der Waals surface area (Å²) in [4.78, 5) is 11.2. The third-order valence-corrected chi connectivity index (χ3v) is 2.47. The molecular formula is C13H18O3. The first-order valence-corrected chi connectivity index (χ1v) is 5.44. The zero-order chi connectivity index (χ0) is 12.1. The minimum atomic E-state index is 0.0217. The fraction of sp³-hybridized carbons (Fsp3) is 0.462. The number of ketones is 1. The van der Waals surface area contributed by atoms with Crippen molar-refractivity contribution < 1.29 is 14.3 Å². The highest BCUT2D eigenvalue weighted by atomic mass is 16.5. The molecule has 0 aliphatic heterocycles. The van der Waals surface area contributed by atoms with Gasteiger partial charge in [0, 0.05) is 5.56 Å². The fourth-order valence-corrected chi connectivity index (χ4v) is 1.28. The molecule has 0 saturated carbocycles. The van der Waals surface area contributed by atoms with Gasteiger partial charge in [0.1, 0.15) is 0 Å². The molecular weight excluding hydrogens is 204 g/mol. The number of benzene rings is 1. The van der Waals surface area contributed by atoms with Gasteiger partial charge in [-0.15, -0.1) is 0 Å². The van der Waals surface area contributed by atoms with Crippen LogP contribution in [0.1, 0.15) is 37.6 Å². The largest absolute Gasteiger partial charge is 0.493 e. The Bertz CT molecular complexity index is 371. The molecule has 1 aromatic carbocycles. The number of carbonyl (C=O) groups excluding carboxylic acids is 1. The van der Waals surface area contributed by atoms with Crippen LogP contribution in [-0.4, -0.2) is 19.0 Å². The molecule has 0 fully saturated rings. The summed E-state index contributed by atoms with van der Waals surface area (Å²) in [5.74, 6) is 1.31. The molecule has 3 nitrogen and oxygen atoms in total. The SMILES string of the molecule is CC[C@@H](C)Oc1ccc(C(C)=O)cc1OC. The van der Waals surface area contributed by atoms with Crippen LogP contribution in [0.4, 0.5) is 0 Å². The number of Topliss-reactive ketones (excluding diaryl/α,β-unsaturated/α-hetero) is 1. The van der Waals surface area contributed by atoms with E-state index in [0.29, 0.717) is 17.1 Å². The Labute approximate surface area is 96.4 Å². The second-order valence-corrected chi connectivity index (χ2v) is 3.76. The minimum Gasteiger partial charge on any atom is -0.493 e. The number of hydrogen-bond acceptors (Lipinski definition) is 3. The summed E-state index contributed by atoms with van der Waals surface area (Å²) in [5, 5.41) is 0. The molecule has 0 N–H and O–H groups in total. The summed E-state index contributed by atoms with van der Waals surface area (Å²) in [5.41, 5.74) is 0.633. The Balaban J connectivity index is 2.97. The van der Waals surface area contributed by atoms with Crippen LogP contribution in [0.5, 0.6) is 11.5 Å². The molecule has 0 unspecified atom stereocenters. The molecule has 16 heavy (non-hydrogen) atoms. The molecule has 0 radical (unpaired) electrons. The van der Waals surface area contributed by atoms with E-state index in [9.17, 15) is 4.79 Å². The van der Waals surface area contributed by atoms with E-state index in [4.69, 9.17) is 9.47 Å². The van der Waals surface area contributed by atoms with Crippen LogP contribution in [0.2, 0.25) is 0 Å². The lowest BCUT2D eigenvalue weighted by Gasteiger charge is -2.15. The topological polar surface area (TPSA) is 35.5 Å². The Kier molecular flexibility index (Phi) is 4.35. The van der Waals surface area contributed by atoms with Gasteiger partial charge < -0.3 is 9.47 Å². The van der Waals surface area contributed by atoms with Crippen LogP contribution in [0.15, 0.2) is 18.2 Å². The van der Waals surface area contributed by atoms with Gasteiger partial charge in [-0.05, 0) is 38.5 Å². The lowest BCUT2D eigenvalue weighted by Crippen LogP contribution is -2.10. The number of methoxy groups -OCH3 is 1. The van der Waals surface area contributed by atoms with Gasteiger partial charge in [-0.1, -0.05) is 6.92 Å². The molecule has 0 heterocycles. The van der Waals surface area contributed by atoms with E-state index in [1.807, 2.05) is 6.92 Å². The molecule has 0 spiro atoms. The molecule has 0 aromatic heterocycles. The summed E-state index contributed by atoms with van der Waals surface area (Å²) < 4.78 is 10.9. The number of ether oxygens (including phenoxy) is 2. The Hall–Kier alpha value is -1.51. The van der Waals surface area contributed by atoms with Crippen LogP contribution >= 0.6 is 0 Å². The zero-order valence-electron chi connectivity index (χ0n) is 10.2. The van der Waals surface area contributed by atoms with E-state index < -0.39 is 0 Å². The average molecular weight is 222 g/mol. The van der Waals surface area contributed by atoms with Crippen molar-refractivity contribution in [2.45, 2.75) is 33.3 Å². The van der Waals surface area contributed by atoms with E-state index in [1.165, 1.54) is 6.92 Å². The maximum atomic E-state index is 11.2. The quantitative estimate of drug-likeness (QED) is 0.718. The van der Waals surface area contributed by atoms with Gasteiger partial charge in [0.25, 0.3) is 0 Å². The minimum absolute atomic E-state index is 0.0217. The lowest BCUT2D eigenvalue weighted by atomic mass is 10.1. The summed E-state index contributed by atoms with van der Waals surface area (Å²) in [6.45, 7) is 5.59. The smallest absolute Gasteiger partial charge is 0.161 e. The van der Waals surface area contributed by atoms with E-state index in [2.05, 4.69) is 6.92 Å². The van der Waals surface area contributed by atoms with Crippen molar-refractivity contribution in [3.8, 4) is 11.5 Å². The average Bonchev–Trinajstić information content (AvgIpc) is 2.29. The summed E-state index contributed by atoms with van der Waals surface area (Å²) in [7, 11) is 1.57. The van der Waals surface area contributed by atoms with Crippen molar-refractivity contribution in [3.05, 3.63) is 23.8 Å². The van der Waals surface area contributed by atoms with Gasteiger partial charge in [0.15, 0.2) is 17.3 Å². The van der Waals surface area contributed by atoms with Crippen LogP contribution in [-0.2, 0) is 0 Å². The van der Waals surface area contributed by atoms with Gasteiger partial charge in [0.05, 0.1) is 13.2 Å². The van der Waals surface area contributed by atoms with E-state index in [0.717, 1.165) is 6.42 Å². The van der Waals surface area contributed by atoms with Crippen LogP contribution in [0.3, 0.4) is 0 Å². The van der Waals surface area contributed by atoms with E-state index >= 15 is 0 Å². The van der Waals surface area contributed by atoms with Crippen molar-refractivity contribution in [3.63, 3.8) is 0 Å². The Morgan fingerprint density at radius 3 is 2.56 bits per heavy atom. The predicted molar refractivity (Wildman–Crippen MR) is 63.4 cm³/mol. The molecule has 1 rings (SSSR count). The van der Waals surface area contributed by atoms with Crippen LogP contribution in [0, 0.1) is 0 Å². The molecule has 88 valence electrons. The van der Waals surface area contributed by atoms with Gasteiger partial charge in [-0.2, -0.15) is 0 Å². The van der Waals surface area contributed by atoms with E-state index in [1.54, 1.807) is 25.3 Å². The molecule has 0 saturated heterocycles. The third kappa shape index (κ3) is 2.99. The van der Waals surface area contributed by atoms with Crippen molar-refractivity contribution in [2.24, 2.45) is 0 Å². The van der Waals surface area contributed by atoms with Gasteiger partial charge in [-0.25, -0.2) is 0 Å². The van der Waals surface area contributed by atoms with Crippen molar-refractivity contribution in [1.82, 2.24) is 0 Å². The highest BCUT2D eigenvalue weighted by molar-refractivity contribution is 5.94. The number of carbonyl (C=O) groups is 1. The summed E-state index contributed by atoms with van der Waals surface area (Å²) in [6.07, 6.45) is 1.06. The van der Waals surface area contributed by atoms with Gasteiger partial charge in [0.2, 0.25) is 0 Å². The van der Waals surface area contributed by atoms with E-state index in [-0.39, 0.29) is 11.9 Å². The monoisotopic (exact) mass is 222 g/mol. The molecule has 1 atom stereocenters. The highest BCUT2D eigenvalue weighted by Gasteiger charge is 2.10. The van der Waals surface area contributed by atoms with Gasteiger partial charge in [-0.3, -0.25) is 4.79 Å². The number of rotatable bonds is 5. The number of hydrogen-bond donors (Lipinski definition) is 0. The first kappa shape index (κ1) is 12.6. The Morgan fingerprint density at radius 1 is 1.38 bits per heavy atom. The lowest BCUT2D eigenvalue weighted by molar-refractivity contribution is 0.101. The molecule has 0 amide bonds. The summed E-state index contributed by atoms with van der Waals surface area (Å²) >= 11 is 0. The van der Waals surface area contributed by atoms with Crippen LogP contribution < -0.4 is 9.47 Å². The standard InChI is InChI=1S/C13H18O3/c1-5-9(2)16-12-7-6-11(10(3)14)8-13(12)15-4/h6-9H,5H2,1-4H3/t9-/m1/s1. The molecule has 1 aromatic rings. The third-order valence-electron chi connectivity index (χ3n) is 2.47. The fourth-order valence-electron chi connectivity index (χ4n) is 1.28. The summed E-state index contributed by atoms with van der Waals surface area (Å²) in [6, 6.07) is 5.24. The van der Waals surface area contributed by atoms with Crippen LogP contribution in [0.25, 0.3) is 0 Å². The second kappa shape index (κ2) is 5.54. The molecule has 0 aliphatic carbocycles. The first-order valence-electron chi connectivity index (χ1n) is 5.44. The molecule has 0 bridgehead atoms. The molecule has 0 aliphatic rings. The molecule has 3 heteroatoms. The maximum absolute atomic E-state index is 11.2. The first-order chi connectivity index (χ1) is 7.58. The van der Waals surface area contributed by atoms with Gasteiger partial charge >= 0.3 is 0 Å². The maximum Gasteiger partial charge on any atom is 0.161 e. The highest BCUT2D eigenvalue weighted by Crippen LogP contribution is 2.29.